The quantitative estimate of drug-likeness (QED) is 0.675. The first-order valence-electron chi connectivity index (χ1n) is 3.56. The van der Waals surface area contributed by atoms with Crippen molar-refractivity contribution in [3.63, 3.8) is 0 Å². The molecule has 2 aromatic rings. The van der Waals surface area contributed by atoms with Crippen LogP contribution in [0.2, 0.25) is 0 Å². The summed E-state index contributed by atoms with van der Waals surface area (Å²) in [7, 11) is 0. The highest BCUT2D eigenvalue weighted by atomic mass is 32.1. The zero-order valence-corrected chi connectivity index (χ0v) is 7.34. The third kappa shape index (κ3) is 1.23. The van der Waals surface area contributed by atoms with Gasteiger partial charge in [-0.05, 0) is 29.7 Å². The molecule has 1 aromatic heterocycles. The number of carbonyl (C=O) groups is 1. The minimum absolute atomic E-state index is 0.0762. The summed E-state index contributed by atoms with van der Waals surface area (Å²) in [5.74, 6) is -1.02. The lowest BCUT2D eigenvalue weighted by Crippen LogP contribution is -1.96. The lowest BCUT2D eigenvalue weighted by Gasteiger charge is -1.92. The monoisotopic (exact) mass is 194 g/mol. The summed E-state index contributed by atoms with van der Waals surface area (Å²) in [6.07, 6.45) is 0. The van der Waals surface area contributed by atoms with Crippen molar-refractivity contribution in [2.45, 2.75) is 0 Å². The number of nitrogens with two attached hydrogens (primary N) is 1. The maximum atomic E-state index is 10.7. The van der Waals surface area contributed by atoms with E-state index in [2.05, 4.69) is 4.37 Å². The van der Waals surface area contributed by atoms with Gasteiger partial charge in [-0.1, -0.05) is 0 Å². The molecule has 0 aliphatic carbocycles. The fraction of sp³-hybridized carbons (Fsp3) is 0. The van der Waals surface area contributed by atoms with E-state index in [4.69, 9.17) is 10.8 Å². The molecule has 1 aromatic carbocycles. The highest BCUT2D eigenvalue weighted by Gasteiger charge is 2.12. The molecular weight excluding hydrogens is 188 g/mol. The number of rotatable bonds is 1. The van der Waals surface area contributed by atoms with Gasteiger partial charge < -0.3 is 10.8 Å². The first-order valence-corrected chi connectivity index (χ1v) is 4.34. The van der Waals surface area contributed by atoms with E-state index in [1.807, 2.05) is 0 Å². The van der Waals surface area contributed by atoms with Gasteiger partial charge in [-0.3, -0.25) is 0 Å². The molecule has 2 rings (SSSR count). The fourth-order valence-corrected chi connectivity index (χ4v) is 1.86. The van der Waals surface area contributed by atoms with E-state index < -0.39 is 5.97 Å². The zero-order valence-electron chi connectivity index (χ0n) is 6.52. The molecular formula is C8H6N2O2S. The van der Waals surface area contributed by atoms with E-state index in [0.717, 1.165) is 16.2 Å². The van der Waals surface area contributed by atoms with Gasteiger partial charge in [0.25, 0.3) is 0 Å². The molecule has 0 radical (unpaired) electrons. The van der Waals surface area contributed by atoms with Crippen molar-refractivity contribution in [1.29, 1.82) is 0 Å². The molecule has 0 bridgehead atoms. The predicted octanol–water partition coefficient (Wildman–Crippen LogP) is 1.58. The Hall–Kier alpha value is -1.62. The molecule has 5 heteroatoms. The van der Waals surface area contributed by atoms with Gasteiger partial charge >= 0.3 is 5.97 Å². The van der Waals surface area contributed by atoms with Crippen molar-refractivity contribution in [2.24, 2.45) is 0 Å². The summed E-state index contributed by atoms with van der Waals surface area (Å²) in [5.41, 5.74) is 6.16. The van der Waals surface area contributed by atoms with E-state index in [-0.39, 0.29) is 5.69 Å². The molecule has 0 fully saturated rings. The van der Waals surface area contributed by atoms with Crippen LogP contribution in [0.4, 0.5) is 5.69 Å². The van der Waals surface area contributed by atoms with Gasteiger partial charge in [0, 0.05) is 11.1 Å². The van der Waals surface area contributed by atoms with Crippen molar-refractivity contribution in [3.05, 3.63) is 23.9 Å². The van der Waals surface area contributed by atoms with Crippen LogP contribution in [-0.4, -0.2) is 15.4 Å². The van der Waals surface area contributed by atoms with Crippen LogP contribution in [0.15, 0.2) is 18.2 Å². The third-order valence-corrected chi connectivity index (χ3v) is 2.52. The summed E-state index contributed by atoms with van der Waals surface area (Å²) in [6, 6.07) is 5.13. The Morgan fingerprint density at radius 1 is 1.54 bits per heavy atom. The van der Waals surface area contributed by atoms with Crippen LogP contribution in [-0.2, 0) is 0 Å². The second kappa shape index (κ2) is 2.70. The molecule has 0 saturated carbocycles. The fourth-order valence-electron chi connectivity index (χ4n) is 1.11. The largest absolute Gasteiger partial charge is 0.476 e. The van der Waals surface area contributed by atoms with E-state index in [0.29, 0.717) is 11.1 Å². The van der Waals surface area contributed by atoms with E-state index in [1.165, 1.54) is 0 Å². The van der Waals surface area contributed by atoms with Gasteiger partial charge in [-0.15, -0.1) is 0 Å². The van der Waals surface area contributed by atoms with Gasteiger partial charge in [0.05, 0.1) is 4.70 Å². The molecule has 0 saturated heterocycles. The molecule has 0 aliphatic heterocycles. The third-order valence-electron chi connectivity index (χ3n) is 1.70. The lowest BCUT2D eigenvalue weighted by molar-refractivity contribution is 0.0694. The highest BCUT2D eigenvalue weighted by Crippen LogP contribution is 2.24. The number of nitrogen functional groups attached to an aromatic ring is 1. The minimum Gasteiger partial charge on any atom is -0.476 e. The Morgan fingerprint density at radius 3 is 3.00 bits per heavy atom. The number of anilines is 1. The van der Waals surface area contributed by atoms with Crippen LogP contribution in [0.3, 0.4) is 0 Å². The average molecular weight is 194 g/mol. The Balaban J connectivity index is 2.79. The van der Waals surface area contributed by atoms with Crippen LogP contribution in [0.5, 0.6) is 0 Å². The first kappa shape index (κ1) is 8.00. The van der Waals surface area contributed by atoms with Gasteiger partial charge in [0.15, 0.2) is 5.69 Å². The number of benzene rings is 1. The molecule has 0 atom stereocenters. The van der Waals surface area contributed by atoms with Crippen molar-refractivity contribution >= 4 is 33.3 Å². The summed E-state index contributed by atoms with van der Waals surface area (Å²) < 4.78 is 4.66. The molecule has 66 valence electrons. The maximum absolute atomic E-state index is 10.7. The van der Waals surface area contributed by atoms with Crippen LogP contribution in [0, 0.1) is 0 Å². The molecule has 0 spiro atoms. The lowest BCUT2D eigenvalue weighted by atomic mass is 10.2. The number of fused-ring (bicyclic) bond motifs is 1. The molecule has 13 heavy (non-hydrogen) atoms. The smallest absolute Gasteiger partial charge is 0.356 e. The number of nitrogens with zero attached hydrogens (tertiary/aromatic N) is 1. The molecule has 0 amide bonds. The van der Waals surface area contributed by atoms with E-state index in [1.54, 1.807) is 18.2 Å². The number of hydrogen-bond donors (Lipinski definition) is 2. The Morgan fingerprint density at radius 2 is 2.31 bits per heavy atom. The van der Waals surface area contributed by atoms with Gasteiger partial charge in [-0.25, -0.2) is 4.79 Å². The van der Waals surface area contributed by atoms with Crippen LogP contribution >= 0.6 is 11.5 Å². The molecule has 0 unspecified atom stereocenters. The van der Waals surface area contributed by atoms with Crippen molar-refractivity contribution in [2.75, 3.05) is 5.73 Å². The topological polar surface area (TPSA) is 76.2 Å². The van der Waals surface area contributed by atoms with E-state index >= 15 is 0 Å². The predicted molar refractivity (Wildman–Crippen MR) is 51.0 cm³/mol. The van der Waals surface area contributed by atoms with Crippen LogP contribution < -0.4 is 5.73 Å². The summed E-state index contributed by atoms with van der Waals surface area (Å²) in [5, 5.41) is 9.37. The van der Waals surface area contributed by atoms with Crippen molar-refractivity contribution in [3.8, 4) is 0 Å². The second-order valence-electron chi connectivity index (χ2n) is 2.59. The molecule has 1 heterocycles. The van der Waals surface area contributed by atoms with E-state index in [9.17, 15) is 4.79 Å². The van der Waals surface area contributed by atoms with Crippen molar-refractivity contribution < 1.29 is 9.90 Å². The summed E-state index contributed by atoms with van der Waals surface area (Å²) >= 11 is 1.16. The van der Waals surface area contributed by atoms with Crippen LogP contribution in [0.25, 0.3) is 10.1 Å². The molecule has 4 nitrogen and oxygen atoms in total. The van der Waals surface area contributed by atoms with Gasteiger partial charge in [0.2, 0.25) is 0 Å². The minimum atomic E-state index is -1.02. The van der Waals surface area contributed by atoms with Crippen molar-refractivity contribution in [1.82, 2.24) is 4.37 Å². The standard InChI is InChI=1S/C8H6N2O2S/c9-4-1-2-6-5(3-4)7(8(11)12)10-13-6/h1-3H,9H2,(H,11,12). The molecule has 0 aliphatic rings. The van der Waals surface area contributed by atoms with Gasteiger partial charge in [0.1, 0.15) is 0 Å². The Bertz CT molecular complexity index is 478. The summed E-state index contributed by atoms with van der Waals surface area (Å²) in [4.78, 5) is 10.7. The maximum Gasteiger partial charge on any atom is 0.356 e. The average Bonchev–Trinajstić information content (AvgIpc) is 2.46. The summed E-state index contributed by atoms with van der Waals surface area (Å²) in [6.45, 7) is 0. The Kier molecular flexibility index (Phi) is 1.66. The number of aromatic nitrogens is 1. The Labute approximate surface area is 77.8 Å². The SMILES string of the molecule is Nc1ccc2snc(C(=O)O)c2c1. The number of hydrogen-bond acceptors (Lipinski definition) is 4. The highest BCUT2D eigenvalue weighted by molar-refractivity contribution is 7.13. The molecule has 3 N–H and O–H groups in total. The number of aromatic carboxylic acids is 1. The van der Waals surface area contributed by atoms with Crippen LogP contribution in [0.1, 0.15) is 10.5 Å². The second-order valence-corrected chi connectivity index (χ2v) is 3.40. The first-order chi connectivity index (χ1) is 6.18. The zero-order chi connectivity index (χ0) is 9.42. The normalized spacial score (nSPS) is 10.5. The van der Waals surface area contributed by atoms with Gasteiger partial charge in [-0.2, -0.15) is 4.37 Å². The number of carboxylic acid groups (broad SMARTS) is 1. The number of carboxylic acids is 1.